The molecule has 0 atom stereocenters. The molecule has 5 nitrogen and oxygen atoms in total. The first-order valence-electron chi connectivity index (χ1n) is 6.12. The van der Waals surface area contributed by atoms with Gasteiger partial charge >= 0.3 is 0 Å². The van der Waals surface area contributed by atoms with E-state index in [1.165, 1.54) is 12.1 Å². The molecule has 0 aliphatic rings. The average molecular weight is 296 g/mol. The van der Waals surface area contributed by atoms with Crippen LogP contribution in [-0.2, 0) is 6.42 Å². The quantitative estimate of drug-likeness (QED) is 0.918. The summed E-state index contributed by atoms with van der Waals surface area (Å²) < 4.78 is 13.0. The van der Waals surface area contributed by atoms with Crippen LogP contribution in [0.1, 0.15) is 5.56 Å². The van der Waals surface area contributed by atoms with E-state index in [-0.39, 0.29) is 11.1 Å². The Morgan fingerprint density at radius 3 is 2.75 bits per heavy atom. The fraction of sp³-hybridized carbons (Fsp3) is 0.308. The van der Waals surface area contributed by atoms with Crippen LogP contribution in [0, 0.1) is 5.82 Å². The molecule has 7 heteroatoms. The molecule has 0 radical (unpaired) electrons. The fourth-order valence-electron chi connectivity index (χ4n) is 1.63. The molecule has 0 saturated heterocycles. The van der Waals surface area contributed by atoms with Crippen molar-refractivity contribution in [2.45, 2.75) is 6.42 Å². The lowest BCUT2D eigenvalue weighted by atomic mass is 10.1. The van der Waals surface area contributed by atoms with Crippen molar-refractivity contribution >= 4 is 23.5 Å². The smallest absolute Gasteiger partial charge is 0.230 e. The summed E-state index contributed by atoms with van der Waals surface area (Å²) in [5.74, 6) is 0.656. The standard InChI is InChI=1S/C13H15ClFN5/c1-20(2)13-18-11(14)17-12(19-13)16-7-6-9-4-3-5-10(15)8-9/h3-5,8H,6-7H2,1-2H3,(H,16,17,18,19). The maximum Gasteiger partial charge on any atom is 0.230 e. The fourth-order valence-corrected chi connectivity index (χ4v) is 1.79. The van der Waals surface area contributed by atoms with Gasteiger partial charge < -0.3 is 10.2 Å². The molecule has 0 bridgehead atoms. The van der Waals surface area contributed by atoms with Crippen LogP contribution < -0.4 is 10.2 Å². The van der Waals surface area contributed by atoms with Crippen LogP contribution in [-0.4, -0.2) is 35.6 Å². The Morgan fingerprint density at radius 1 is 1.25 bits per heavy atom. The van der Waals surface area contributed by atoms with E-state index in [9.17, 15) is 4.39 Å². The third-order valence-corrected chi connectivity index (χ3v) is 2.75. The number of aromatic nitrogens is 3. The Hall–Kier alpha value is -1.95. The third-order valence-electron chi connectivity index (χ3n) is 2.58. The highest BCUT2D eigenvalue weighted by atomic mass is 35.5. The summed E-state index contributed by atoms with van der Waals surface area (Å²) in [6.45, 7) is 0.580. The van der Waals surface area contributed by atoms with Crippen molar-refractivity contribution in [2.75, 3.05) is 30.9 Å². The topological polar surface area (TPSA) is 53.9 Å². The van der Waals surface area contributed by atoms with E-state index >= 15 is 0 Å². The van der Waals surface area contributed by atoms with Gasteiger partial charge in [-0.3, -0.25) is 0 Å². The zero-order valence-corrected chi connectivity index (χ0v) is 12.0. The van der Waals surface area contributed by atoms with E-state index in [4.69, 9.17) is 11.6 Å². The van der Waals surface area contributed by atoms with Gasteiger partial charge in [-0.1, -0.05) is 12.1 Å². The van der Waals surface area contributed by atoms with E-state index < -0.39 is 0 Å². The zero-order chi connectivity index (χ0) is 14.5. The molecular formula is C13H15ClFN5. The van der Waals surface area contributed by atoms with Gasteiger partial charge in [-0.25, -0.2) is 4.39 Å². The number of rotatable bonds is 5. The minimum Gasteiger partial charge on any atom is -0.354 e. The number of benzene rings is 1. The lowest BCUT2D eigenvalue weighted by Crippen LogP contribution is -2.16. The number of nitrogens with one attached hydrogen (secondary N) is 1. The van der Waals surface area contributed by atoms with Gasteiger partial charge in [0.25, 0.3) is 0 Å². The molecule has 1 N–H and O–H groups in total. The summed E-state index contributed by atoms with van der Waals surface area (Å²) in [6, 6.07) is 6.49. The molecular weight excluding hydrogens is 281 g/mol. The van der Waals surface area contributed by atoms with Crippen molar-refractivity contribution < 1.29 is 4.39 Å². The Kier molecular flexibility index (Phi) is 4.68. The Bertz CT molecular complexity index is 591. The summed E-state index contributed by atoms with van der Waals surface area (Å²) in [6.07, 6.45) is 0.665. The van der Waals surface area contributed by atoms with Crippen LogP contribution in [0.2, 0.25) is 5.28 Å². The Morgan fingerprint density at radius 2 is 2.05 bits per heavy atom. The number of nitrogens with zero attached hydrogens (tertiary/aromatic N) is 4. The van der Waals surface area contributed by atoms with Gasteiger partial charge in [-0.05, 0) is 35.7 Å². The summed E-state index contributed by atoms with van der Waals surface area (Å²) in [4.78, 5) is 13.9. The van der Waals surface area contributed by atoms with Crippen molar-refractivity contribution in [3.63, 3.8) is 0 Å². The predicted molar refractivity (Wildman–Crippen MR) is 77.8 cm³/mol. The van der Waals surface area contributed by atoms with E-state index in [1.54, 1.807) is 11.0 Å². The van der Waals surface area contributed by atoms with Gasteiger partial charge in [-0.15, -0.1) is 0 Å². The summed E-state index contributed by atoms with van der Waals surface area (Å²) >= 11 is 5.83. The largest absolute Gasteiger partial charge is 0.354 e. The molecule has 2 aromatic rings. The number of hydrogen-bond donors (Lipinski definition) is 1. The molecule has 1 aromatic carbocycles. The van der Waals surface area contributed by atoms with Crippen LogP contribution in [0.4, 0.5) is 16.3 Å². The van der Waals surface area contributed by atoms with E-state index in [0.717, 1.165) is 5.56 Å². The highest BCUT2D eigenvalue weighted by Crippen LogP contribution is 2.11. The highest BCUT2D eigenvalue weighted by molar-refractivity contribution is 6.28. The molecule has 1 aromatic heterocycles. The maximum absolute atomic E-state index is 13.0. The Labute approximate surface area is 121 Å². The molecule has 106 valence electrons. The predicted octanol–water partition coefficient (Wildman–Crippen LogP) is 2.38. The highest BCUT2D eigenvalue weighted by Gasteiger charge is 2.06. The van der Waals surface area contributed by atoms with E-state index in [1.807, 2.05) is 20.2 Å². The molecule has 0 aliphatic heterocycles. The first kappa shape index (κ1) is 14.5. The van der Waals surface area contributed by atoms with Crippen LogP contribution in [0.25, 0.3) is 0 Å². The second-order valence-electron chi connectivity index (χ2n) is 4.43. The van der Waals surface area contributed by atoms with Gasteiger partial charge in [0, 0.05) is 20.6 Å². The first-order chi connectivity index (χ1) is 9.54. The number of anilines is 2. The van der Waals surface area contributed by atoms with Gasteiger partial charge in [-0.2, -0.15) is 15.0 Å². The second kappa shape index (κ2) is 6.47. The summed E-state index contributed by atoms with van der Waals surface area (Å²) in [5.41, 5.74) is 0.908. The van der Waals surface area contributed by atoms with Crippen molar-refractivity contribution in [3.05, 3.63) is 40.9 Å². The van der Waals surface area contributed by atoms with Crippen molar-refractivity contribution in [1.29, 1.82) is 0 Å². The minimum absolute atomic E-state index is 0.136. The molecule has 1 heterocycles. The van der Waals surface area contributed by atoms with E-state index in [0.29, 0.717) is 24.9 Å². The monoisotopic (exact) mass is 295 g/mol. The average Bonchev–Trinajstić information content (AvgIpc) is 2.38. The second-order valence-corrected chi connectivity index (χ2v) is 4.77. The van der Waals surface area contributed by atoms with Gasteiger partial charge in [0.15, 0.2) is 0 Å². The Balaban J connectivity index is 1.97. The van der Waals surface area contributed by atoms with Crippen LogP contribution >= 0.6 is 11.6 Å². The molecule has 0 amide bonds. The van der Waals surface area contributed by atoms with Gasteiger partial charge in [0.2, 0.25) is 17.2 Å². The van der Waals surface area contributed by atoms with Gasteiger partial charge in [0.05, 0.1) is 0 Å². The molecule has 0 spiro atoms. The molecule has 0 fully saturated rings. The van der Waals surface area contributed by atoms with Crippen LogP contribution in [0.15, 0.2) is 24.3 Å². The SMILES string of the molecule is CN(C)c1nc(Cl)nc(NCCc2cccc(F)c2)n1. The van der Waals surface area contributed by atoms with E-state index in [2.05, 4.69) is 20.3 Å². The molecule has 0 unspecified atom stereocenters. The minimum atomic E-state index is -0.236. The van der Waals surface area contributed by atoms with Crippen molar-refractivity contribution in [2.24, 2.45) is 0 Å². The normalized spacial score (nSPS) is 10.4. The summed E-state index contributed by atoms with van der Waals surface area (Å²) in [7, 11) is 3.64. The third kappa shape index (κ3) is 4.03. The zero-order valence-electron chi connectivity index (χ0n) is 11.3. The lowest BCUT2D eigenvalue weighted by molar-refractivity contribution is 0.625. The van der Waals surface area contributed by atoms with Crippen molar-refractivity contribution in [1.82, 2.24) is 15.0 Å². The first-order valence-corrected chi connectivity index (χ1v) is 6.49. The number of hydrogen-bond acceptors (Lipinski definition) is 5. The summed E-state index contributed by atoms with van der Waals surface area (Å²) in [5, 5.41) is 3.19. The molecule has 20 heavy (non-hydrogen) atoms. The van der Waals surface area contributed by atoms with Crippen LogP contribution in [0.3, 0.4) is 0 Å². The van der Waals surface area contributed by atoms with Gasteiger partial charge in [0.1, 0.15) is 5.82 Å². The number of halogens is 2. The van der Waals surface area contributed by atoms with Crippen LogP contribution in [0.5, 0.6) is 0 Å². The molecule has 0 saturated carbocycles. The maximum atomic E-state index is 13.0. The van der Waals surface area contributed by atoms with Crippen molar-refractivity contribution in [3.8, 4) is 0 Å². The molecule has 0 aliphatic carbocycles. The lowest BCUT2D eigenvalue weighted by Gasteiger charge is -2.11. The molecule has 2 rings (SSSR count).